The first kappa shape index (κ1) is 25.1. The number of carboxylic acids is 1. The highest BCUT2D eigenvalue weighted by molar-refractivity contribution is 7.92. The number of amides is 1. The van der Waals surface area contributed by atoms with Gasteiger partial charge in [0, 0.05) is 6.61 Å². The van der Waals surface area contributed by atoms with Gasteiger partial charge in [0.2, 0.25) is 0 Å². The molecule has 2 aromatic rings. The Labute approximate surface area is 206 Å². The van der Waals surface area contributed by atoms with E-state index in [2.05, 4.69) is 10.3 Å². The maximum atomic E-state index is 13.2. The number of aliphatic carboxylic acids is 1. The summed E-state index contributed by atoms with van der Waals surface area (Å²) in [7, 11) is -3.36. The second kappa shape index (κ2) is 10.3. The summed E-state index contributed by atoms with van der Waals surface area (Å²) in [6, 6.07) is 6.16. The summed E-state index contributed by atoms with van der Waals surface area (Å²) in [6.45, 7) is 2.50. The van der Waals surface area contributed by atoms with E-state index in [-0.39, 0.29) is 43.9 Å². The molecule has 1 aromatic heterocycles. The van der Waals surface area contributed by atoms with Gasteiger partial charge in [-0.15, -0.1) is 0 Å². The van der Waals surface area contributed by atoms with E-state index < -0.39 is 27.8 Å². The van der Waals surface area contributed by atoms with Crippen molar-refractivity contribution in [3.8, 4) is 0 Å². The van der Waals surface area contributed by atoms with E-state index in [1.54, 1.807) is 12.1 Å². The number of carbonyl (C=O) groups excluding carboxylic acids is 1. The molecule has 34 heavy (non-hydrogen) atoms. The molecule has 1 aromatic carbocycles. The topological polar surface area (TPSA) is 132 Å². The lowest BCUT2D eigenvalue weighted by molar-refractivity contribution is -0.148. The molecule has 2 N–H and O–H groups in total. The number of carbonyl (C=O) groups is 2. The zero-order chi connectivity index (χ0) is 24.5. The van der Waals surface area contributed by atoms with Crippen molar-refractivity contribution in [3.05, 3.63) is 39.9 Å². The Morgan fingerprint density at radius 3 is 2.62 bits per heavy atom. The number of anilines is 1. The Bertz CT molecular complexity index is 1160. The summed E-state index contributed by atoms with van der Waals surface area (Å²) < 4.78 is 37.1. The van der Waals surface area contributed by atoms with Crippen LogP contribution in [0.2, 0.25) is 4.34 Å². The minimum atomic E-state index is -3.36. The van der Waals surface area contributed by atoms with E-state index in [1.807, 2.05) is 6.92 Å². The van der Waals surface area contributed by atoms with Crippen LogP contribution in [0.3, 0.4) is 0 Å². The lowest BCUT2D eigenvalue weighted by atomic mass is 10.0. The highest BCUT2D eigenvalue weighted by Gasteiger charge is 2.37. The van der Waals surface area contributed by atoms with Gasteiger partial charge in [-0.05, 0) is 50.3 Å². The number of sulfone groups is 1. The summed E-state index contributed by atoms with van der Waals surface area (Å²) in [6.07, 6.45) is 0.872. The summed E-state index contributed by atoms with van der Waals surface area (Å²) in [5, 5.41) is 11.5. The average Bonchev–Trinajstić information content (AvgIpc) is 3.59. The fourth-order valence-electron chi connectivity index (χ4n) is 3.75. The van der Waals surface area contributed by atoms with E-state index in [0.717, 1.165) is 17.8 Å². The lowest BCUT2D eigenvalue weighted by Crippen LogP contribution is -2.37. The molecule has 0 spiro atoms. The van der Waals surface area contributed by atoms with Crippen LogP contribution in [0.15, 0.2) is 29.2 Å². The summed E-state index contributed by atoms with van der Waals surface area (Å²) >= 11 is 7.03. The number of hydrogen-bond acceptors (Lipinski definition) is 8. The predicted octanol–water partition coefficient (Wildman–Crippen LogP) is 3.62. The number of rotatable bonds is 9. The number of hydrogen-bond donors (Lipinski definition) is 2. The molecule has 2 heterocycles. The van der Waals surface area contributed by atoms with Crippen LogP contribution in [-0.4, -0.2) is 54.4 Å². The highest BCUT2D eigenvalue weighted by atomic mass is 35.5. The first-order valence-electron chi connectivity index (χ1n) is 10.9. The second-order valence-corrected chi connectivity index (χ2v) is 12.2. The maximum Gasteiger partial charge on any atom is 0.309 e. The molecule has 9 nitrogen and oxygen atoms in total. The largest absolute Gasteiger partial charge is 0.481 e. The Hall–Kier alpha value is -2.05. The number of ether oxygens (including phenoxy) is 2. The molecule has 0 radical (unpaired) electrons. The third-order valence-electron chi connectivity index (χ3n) is 5.76. The molecule has 12 heteroatoms. The van der Waals surface area contributed by atoms with Crippen molar-refractivity contribution in [1.29, 1.82) is 0 Å². The Kier molecular flexibility index (Phi) is 7.58. The van der Waals surface area contributed by atoms with Crippen molar-refractivity contribution in [2.45, 2.75) is 67.5 Å². The summed E-state index contributed by atoms with van der Waals surface area (Å²) in [5.74, 6) is -1.61. The van der Waals surface area contributed by atoms with Gasteiger partial charge in [0.25, 0.3) is 5.91 Å². The average molecular weight is 529 g/mol. The number of halogens is 1. The van der Waals surface area contributed by atoms with Gasteiger partial charge >= 0.3 is 5.97 Å². The van der Waals surface area contributed by atoms with Gasteiger partial charge in [-0.25, -0.2) is 13.4 Å². The zero-order valence-electron chi connectivity index (χ0n) is 18.4. The van der Waals surface area contributed by atoms with Crippen LogP contribution < -0.4 is 5.32 Å². The van der Waals surface area contributed by atoms with Crippen LogP contribution >= 0.6 is 22.9 Å². The molecule has 1 aliphatic carbocycles. The van der Waals surface area contributed by atoms with E-state index in [9.17, 15) is 18.0 Å². The molecule has 2 fully saturated rings. The number of nitrogens with zero attached hydrogens (tertiary/aromatic N) is 1. The summed E-state index contributed by atoms with van der Waals surface area (Å²) in [5.41, 5.74) is 0.648. The van der Waals surface area contributed by atoms with E-state index in [0.29, 0.717) is 31.4 Å². The first-order chi connectivity index (χ1) is 16.1. The van der Waals surface area contributed by atoms with Crippen LogP contribution in [0.5, 0.6) is 0 Å². The minimum absolute atomic E-state index is 0.153. The maximum absolute atomic E-state index is 13.2. The molecular formula is C22H25ClN2O7S2. The van der Waals surface area contributed by atoms with Gasteiger partial charge < -0.3 is 14.6 Å². The monoisotopic (exact) mass is 528 g/mol. The molecule has 3 atom stereocenters. The normalized spacial score (nSPS) is 21.7. The minimum Gasteiger partial charge on any atom is -0.481 e. The Morgan fingerprint density at radius 2 is 2.00 bits per heavy atom. The fourth-order valence-corrected chi connectivity index (χ4v) is 6.45. The summed E-state index contributed by atoms with van der Waals surface area (Å²) in [4.78, 5) is 28.6. The lowest BCUT2D eigenvalue weighted by Gasteiger charge is -2.32. The van der Waals surface area contributed by atoms with Gasteiger partial charge in [0.05, 0.1) is 34.5 Å². The molecule has 1 saturated carbocycles. The molecule has 2 aliphatic rings. The third kappa shape index (κ3) is 5.77. The molecule has 1 aliphatic heterocycles. The highest BCUT2D eigenvalue weighted by Crippen LogP contribution is 2.35. The Morgan fingerprint density at radius 1 is 1.29 bits per heavy atom. The third-order valence-corrected chi connectivity index (χ3v) is 9.29. The molecule has 0 bridgehead atoms. The number of aromatic nitrogens is 1. The van der Waals surface area contributed by atoms with Gasteiger partial charge in [-0.1, -0.05) is 35.1 Å². The number of carboxylic acid groups (broad SMARTS) is 1. The fraction of sp³-hybridized carbons (Fsp3) is 0.500. The number of thiazole rings is 1. The van der Waals surface area contributed by atoms with Crippen molar-refractivity contribution < 1.29 is 32.6 Å². The van der Waals surface area contributed by atoms with Crippen LogP contribution in [0, 0.1) is 0 Å². The Balaban J connectivity index is 1.57. The van der Waals surface area contributed by atoms with Crippen LogP contribution in [0.4, 0.5) is 5.13 Å². The molecular weight excluding hydrogens is 504 g/mol. The number of benzene rings is 1. The quantitative estimate of drug-likeness (QED) is 0.504. The smallest absolute Gasteiger partial charge is 0.309 e. The molecule has 3 unspecified atom stereocenters. The van der Waals surface area contributed by atoms with Gasteiger partial charge in [0.1, 0.15) is 4.34 Å². The first-order valence-corrected chi connectivity index (χ1v) is 13.7. The van der Waals surface area contributed by atoms with Crippen molar-refractivity contribution in [3.63, 3.8) is 0 Å². The second-order valence-electron chi connectivity index (χ2n) is 8.39. The standard InChI is InChI=1S/C22H25ClN2O7S2/c1-12-17(3-2-10-31-12)32-19(13-4-6-14(7-5-13)34(29,30)15-8-9-15)21(28)25-22-24-16(11-18(26)27)20(23)33-22/h4-7,12,15,17,19H,2-3,8-11H2,1H3,(H,26,27)(H,24,25,28). The predicted molar refractivity (Wildman–Crippen MR) is 126 cm³/mol. The van der Waals surface area contributed by atoms with Gasteiger partial charge in [-0.3, -0.25) is 14.9 Å². The van der Waals surface area contributed by atoms with Crippen molar-refractivity contribution in [2.75, 3.05) is 11.9 Å². The van der Waals surface area contributed by atoms with Crippen molar-refractivity contribution in [2.24, 2.45) is 0 Å². The van der Waals surface area contributed by atoms with Crippen molar-refractivity contribution >= 4 is 49.8 Å². The van der Waals surface area contributed by atoms with Crippen LogP contribution in [0.25, 0.3) is 0 Å². The van der Waals surface area contributed by atoms with Crippen LogP contribution in [0.1, 0.15) is 50.0 Å². The molecule has 184 valence electrons. The van der Waals surface area contributed by atoms with E-state index in [1.165, 1.54) is 12.1 Å². The molecule has 1 amide bonds. The van der Waals surface area contributed by atoms with E-state index >= 15 is 0 Å². The van der Waals surface area contributed by atoms with Gasteiger partial charge in [0.15, 0.2) is 21.1 Å². The van der Waals surface area contributed by atoms with Crippen molar-refractivity contribution in [1.82, 2.24) is 4.98 Å². The van der Waals surface area contributed by atoms with Crippen LogP contribution in [-0.2, 0) is 35.3 Å². The van der Waals surface area contributed by atoms with Gasteiger partial charge in [-0.2, -0.15) is 0 Å². The van der Waals surface area contributed by atoms with E-state index in [4.69, 9.17) is 26.2 Å². The molecule has 4 rings (SSSR count). The number of nitrogens with one attached hydrogen (secondary N) is 1. The molecule has 1 saturated heterocycles. The SMILES string of the molecule is CC1OCCCC1OC(C(=O)Nc1nc(CC(=O)O)c(Cl)s1)c1ccc(S(=O)(=O)C2CC2)cc1. The zero-order valence-corrected chi connectivity index (χ0v) is 20.8.